The first-order valence-corrected chi connectivity index (χ1v) is 12.2. The van der Waals surface area contributed by atoms with Gasteiger partial charge in [0.05, 0.1) is 11.1 Å². The lowest BCUT2D eigenvalue weighted by molar-refractivity contribution is -0.143. The van der Waals surface area contributed by atoms with Crippen LogP contribution in [0.15, 0.2) is 18.2 Å². The molecule has 10 heteroatoms. The van der Waals surface area contributed by atoms with Crippen molar-refractivity contribution in [2.45, 2.75) is 77.3 Å². The van der Waals surface area contributed by atoms with Crippen molar-refractivity contribution in [3.05, 3.63) is 29.3 Å². The standard InChI is InChI=1S/C24H31F6N3S/c1-21(2)17-7-8-22(21,3)19(18(17)33-9-5-4-6-10-33)32-20(34)31-16-12-14(23(25,26)27)11-15(13-16)24(28,29)30/h11-13,17-19H,4-10H2,1-3H3,(H2,31,32,34)/t17?,18-,19-,22?/m1/s1. The van der Waals surface area contributed by atoms with E-state index in [-0.39, 0.29) is 39.8 Å². The second-order valence-electron chi connectivity index (χ2n) is 10.7. The Balaban J connectivity index is 1.59. The number of nitrogens with zero attached hydrogens (tertiary/aromatic N) is 1. The van der Waals surface area contributed by atoms with Gasteiger partial charge < -0.3 is 10.6 Å². The molecular weight excluding hydrogens is 476 g/mol. The van der Waals surface area contributed by atoms with Crippen LogP contribution in [-0.4, -0.2) is 35.2 Å². The average Bonchev–Trinajstić information content (AvgIpc) is 3.05. The Bertz CT molecular complexity index is 905. The smallest absolute Gasteiger partial charge is 0.358 e. The fourth-order valence-electron chi connectivity index (χ4n) is 6.59. The van der Waals surface area contributed by atoms with Crippen LogP contribution >= 0.6 is 12.2 Å². The summed E-state index contributed by atoms with van der Waals surface area (Å²) in [6, 6.07) is 1.62. The molecule has 3 fully saturated rings. The molecule has 190 valence electrons. The largest absolute Gasteiger partial charge is 0.416 e. The predicted molar refractivity (Wildman–Crippen MR) is 123 cm³/mol. The summed E-state index contributed by atoms with van der Waals surface area (Å²) in [5, 5.41) is 6.00. The molecule has 1 heterocycles. The highest BCUT2D eigenvalue weighted by molar-refractivity contribution is 7.80. The molecule has 3 aliphatic rings. The van der Waals surface area contributed by atoms with Crippen LogP contribution < -0.4 is 10.6 Å². The molecule has 1 saturated heterocycles. The number of anilines is 1. The van der Waals surface area contributed by atoms with Crippen molar-refractivity contribution < 1.29 is 26.3 Å². The Hall–Kier alpha value is -1.55. The Morgan fingerprint density at radius 1 is 0.941 bits per heavy atom. The molecule has 34 heavy (non-hydrogen) atoms. The van der Waals surface area contributed by atoms with Gasteiger partial charge in [0.15, 0.2) is 5.11 Å². The van der Waals surface area contributed by atoms with Crippen molar-refractivity contribution in [1.82, 2.24) is 10.2 Å². The molecule has 0 radical (unpaired) electrons. The van der Waals surface area contributed by atoms with Gasteiger partial charge in [-0.2, -0.15) is 26.3 Å². The fraction of sp³-hybridized carbons (Fsp3) is 0.708. The zero-order valence-corrected chi connectivity index (χ0v) is 20.4. The van der Waals surface area contributed by atoms with E-state index in [0.717, 1.165) is 38.8 Å². The minimum Gasteiger partial charge on any atom is -0.358 e. The normalized spacial score (nSPS) is 31.5. The first-order valence-electron chi connectivity index (χ1n) is 11.8. The van der Waals surface area contributed by atoms with Crippen LogP contribution in [0, 0.1) is 16.7 Å². The minimum absolute atomic E-state index is 0.0298. The molecular formula is C24H31F6N3S. The molecule has 2 unspecified atom stereocenters. The summed E-state index contributed by atoms with van der Waals surface area (Å²) < 4.78 is 79.5. The highest BCUT2D eigenvalue weighted by Gasteiger charge is 2.67. The number of halogens is 6. The lowest BCUT2D eigenvalue weighted by Crippen LogP contribution is -2.59. The highest BCUT2D eigenvalue weighted by atomic mass is 32.1. The fourth-order valence-corrected chi connectivity index (χ4v) is 6.83. The van der Waals surface area contributed by atoms with E-state index in [9.17, 15) is 26.3 Å². The number of benzene rings is 1. The minimum atomic E-state index is -4.91. The van der Waals surface area contributed by atoms with Crippen LogP contribution in [0.3, 0.4) is 0 Å². The van der Waals surface area contributed by atoms with E-state index in [1.807, 2.05) is 0 Å². The zero-order valence-electron chi connectivity index (χ0n) is 19.5. The topological polar surface area (TPSA) is 27.3 Å². The van der Waals surface area contributed by atoms with Crippen molar-refractivity contribution in [3.63, 3.8) is 0 Å². The number of nitrogens with one attached hydrogen (secondary N) is 2. The third-order valence-electron chi connectivity index (χ3n) is 8.76. The van der Waals surface area contributed by atoms with E-state index in [1.165, 1.54) is 6.42 Å². The SMILES string of the molecule is CC1(C)C2CCC1(C)[C@H](NC(=S)Nc1cc(C(F)(F)F)cc(C(F)(F)F)c1)[C@@H]2N1CCCCC1. The molecule has 2 saturated carbocycles. The van der Waals surface area contributed by atoms with Crippen LogP contribution in [-0.2, 0) is 12.4 Å². The first-order chi connectivity index (χ1) is 15.6. The number of alkyl halides is 6. The van der Waals surface area contributed by atoms with Gasteiger partial charge >= 0.3 is 12.4 Å². The van der Waals surface area contributed by atoms with Crippen LogP contribution in [0.2, 0.25) is 0 Å². The van der Waals surface area contributed by atoms with Gasteiger partial charge in [0.25, 0.3) is 0 Å². The van der Waals surface area contributed by atoms with Gasteiger partial charge in [0, 0.05) is 17.8 Å². The lowest BCUT2D eigenvalue weighted by Gasteiger charge is -2.45. The van der Waals surface area contributed by atoms with Gasteiger partial charge in [-0.3, -0.25) is 4.90 Å². The van der Waals surface area contributed by atoms with E-state index in [2.05, 4.69) is 36.3 Å². The summed E-state index contributed by atoms with van der Waals surface area (Å²) in [4.78, 5) is 2.51. The molecule has 0 aromatic heterocycles. The number of hydrogen-bond acceptors (Lipinski definition) is 2. The second kappa shape index (κ2) is 8.54. The molecule has 4 atom stereocenters. The van der Waals surface area contributed by atoms with E-state index in [1.54, 1.807) is 0 Å². The molecule has 0 amide bonds. The van der Waals surface area contributed by atoms with Gasteiger partial charge in [-0.05, 0) is 85.9 Å². The monoisotopic (exact) mass is 507 g/mol. The zero-order chi connectivity index (χ0) is 25.1. The quantitative estimate of drug-likeness (QED) is 0.352. The van der Waals surface area contributed by atoms with Gasteiger partial charge in [0.1, 0.15) is 0 Å². The van der Waals surface area contributed by atoms with E-state index >= 15 is 0 Å². The third-order valence-corrected chi connectivity index (χ3v) is 8.98. The van der Waals surface area contributed by atoms with Gasteiger partial charge in [-0.25, -0.2) is 0 Å². The molecule has 1 aromatic carbocycles. The Kier molecular flexibility index (Phi) is 6.41. The van der Waals surface area contributed by atoms with Crippen molar-refractivity contribution in [1.29, 1.82) is 0 Å². The number of hydrogen-bond donors (Lipinski definition) is 2. The van der Waals surface area contributed by atoms with Gasteiger partial charge in [-0.1, -0.05) is 27.2 Å². The predicted octanol–water partition coefficient (Wildman–Crippen LogP) is 6.69. The molecule has 1 aromatic rings. The average molecular weight is 508 g/mol. The molecule has 4 rings (SSSR count). The van der Waals surface area contributed by atoms with E-state index < -0.39 is 23.5 Å². The van der Waals surface area contributed by atoms with E-state index in [0.29, 0.717) is 18.1 Å². The lowest BCUT2D eigenvalue weighted by atomic mass is 9.69. The Labute approximate surface area is 201 Å². The first kappa shape index (κ1) is 25.5. The van der Waals surface area contributed by atoms with Crippen LogP contribution in [0.1, 0.15) is 64.0 Å². The number of thiocarbonyl (C=S) groups is 1. The van der Waals surface area contributed by atoms with Crippen LogP contribution in [0.5, 0.6) is 0 Å². The number of rotatable bonds is 3. The van der Waals surface area contributed by atoms with Crippen molar-refractivity contribution >= 4 is 23.0 Å². The molecule has 3 nitrogen and oxygen atoms in total. The molecule has 2 N–H and O–H groups in total. The van der Waals surface area contributed by atoms with Crippen molar-refractivity contribution in [2.24, 2.45) is 16.7 Å². The summed E-state index contributed by atoms with van der Waals surface area (Å²) in [6.07, 6.45) is -4.27. The van der Waals surface area contributed by atoms with E-state index in [4.69, 9.17) is 12.2 Å². The molecule has 0 spiro atoms. The summed E-state index contributed by atoms with van der Waals surface area (Å²) in [5.41, 5.74) is -3.14. The van der Waals surface area contributed by atoms with Crippen molar-refractivity contribution in [3.8, 4) is 0 Å². The van der Waals surface area contributed by atoms with Gasteiger partial charge in [-0.15, -0.1) is 0 Å². The summed E-state index contributed by atoms with van der Waals surface area (Å²) in [7, 11) is 0. The van der Waals surface area contributed by atoms with Crippen molar-refractivity contribution in [2.75, 3.05) is 18.4 Å². The molecule has 2 bridgehead atoms. The second-order valence-corrected chi connectivity index (χ2v) is 11.2. The summed E-state index contributed by atoms with van der Waals surface area (Å²) in [6.45, 7) is 8.75. The Morgan fingerprint density at radius 3 is 2.03 bits per heavy atom. The number of likely N-dealkylation sites (tertiary alicyclic amines) is 1. The third kappa shape index (κ3) is 4.40. The maximum Gasteiger partial charge on any atom is 0.416 e. The number of fused-ring (bicyclic) bond motifs is 2. The maximum absolute atomic E-state index is 13.2. The highest BCUT2D eigenvalue weighted by Crippen LogP contribution is 2.66. The Morgan fingerprint density at radius 2 is 1.50 bits per heavy atom. The maximum atomic E-state index is 13.2. The van der Waals surface area contributed by atoms with Crippen LogP contribution in [0.25, 0.3) is 0 Å². The molecule has 1 aliphatic heterocycles. The summed E-state index contributed by atoms with van der Waals surface area (Å²) in [5.74, 6) is 0.446. The number of piperidine rings is 1. The van der Waals surface area contributed by atoms with Crippen LogP contribution in [0.4, 0.5) is 32.0 Å². The van der Waals surface area contributed by atoms with Gasteiger partial charge in [0.2, 0.25) is 0 Å². The summed E-state index contributed by atoms with van der Waals surface area (Å²) >= 11 is 5.44. The molecule has 2 aliphatic carbocycles.